The number of benzene rings is 1. The van der Waals surface area contributed by atoms with Crippen LogP contribution in [0.3, 0.4) is 0 Å². The summed E-state index contributed by atoms with van der Waals surface area (Å²) in [7, 11) is 0. The van der Waals surface area contributed by atoms with Crippen LogP contribution in [-0.4, -0.2) is 33.9 Å². The maximum absolute atomic E-state index is 14.7. The van der Waals surface area contributed by atoms with Gasteiger partial charge in [0.1, 0.15) is 34.6 Å². The largest absolute Gasteiger partial charge is 0.356 e. The lowest BCUT2D eigenvalue weighted by molar-refractivity contribution is 0.276. The molecule has 27 heavy (non-hydrogen) atoms. The Balaban J connectivity index is 2.05. The number of aromatic nitrogens is 3. The summed E-state index contributed by atoms with van der Waals surface area (Å²) in [6.07, 6.45) is 1.15. The molecule has 0 radical (unpaired) electrons. The van der Waals surface area contributed by atoms with E-state index in [1.165, 1.54) is 22.8 Å². The molecular formula is C18H13Cl2F2N5. The van der Waals surface area contributed by atoms with Crippen molar-refractivity contribution < 1.29 is 8.78 Å². The summed E-state index contributed by atoms with van der Waals surface area (Å²) in [6, 6.07) is 6.35. The van der Waals surface area contributed by atoms with Crippen molar-refractivity contribution in [3.8, 4) is 17.2 Å². The molecule has 0 N–H and O–H groups in total. The second-order valence-corrected chi connectivity index (χ2v) is 7.03. The highest BCUT2D eigenvalue weighted by atomic mass is 35.5. The molecule has 4 rings (SSSR count). The summed E-state index contributed by atoms with van der Waals surface area (Å²) in [5.41, 5.74) is 0.878. The van der Waals surface area contributed by atoms with Crippen molar-refractivity contribution >= 4 is 34.7 Å². The fourth-order valence-electron chi connectivity index (χ4n) is 3.33. The number of hydrogen-bond donors (Lipinski definition) is 0. The predicted molar refractivity (Wildman–Crippen MR) is 99.5 cm³/mol. The van der Waals surface area contributed by atoms with Gasteiger partial charge < -0.3 is 4.90 Å². The number of anilines is 1. The van der Waals surface area contributed by atoms with Crippen LogP contribution in [0.4, 0.5) is 14.6 Å². The molecule has 9 heteroatoms. The number of fused-ring (bicyclic) bond motifs is 1. The molecule has 1 aliphatic rings. The molecule has 3 heterocycles. The van der Waals surface area contributed by atoms with E-state index < -0.39 is 12.0 Å². The van der Waals surface area contributed by atoms with E-state index in [4.69, 9.17) is 23.2 Å². The first-order chi connectivity index (χ1) is 13.0. The van der Waals surface area contributed by atoms with Gasteiger partial charge in [0.2, 0.25) is 0 Å². The molecule has 1 saturated heterocycles. The van der Waals surface area contributed by atoms with Crippen molar-refractivity contribution in [1.29, 1.82) is 5.26 Å². The normalized spacial score (nSPS) is 15.3. The molecule has 0 amide bonds. The summed E-state index contributed by atoms with van der Waals surface area (Å²) in [4.78, 5) is 6.13. The van der Waals surface area contributed by atoms with Crippen LogP contribution in [0.15, 0.2) is 24.4 Å². The van der Waals surface area contributed by atoms with Crippen LogP contribution < -0.4 is 4.90 Å². The van der Waals surface area contributed by atoms with Gasteiger partial charge in [0.25, 0.3) is 0 Å². The molecule has 0 spiro atoms. The minimum Gasteiger partial charge on any atom is -0.356 e. The number of hydrogen-bond acceptors (Lipinski definition) is 4. The van der Waals surface area contributed by atoms with Gasteiger partial charge in [0.15, 0.2) is 5.65 Å². The van der Waals surface area contributed by atoms with Crippen LogP contribution in [0, 0.1) is 17.1 Å². The van der Waals surface area contributed by atoms with E-state index in [1.807, 2.05) is 11.0 Å². The fraction of sp³-hybridized carbons (Fsp3) is 0.278. The van der Waals surface area contributed by atoms with Gasteiger partial charge in [-0.2, -0.15) is 14.9 Å². The second kappa shape index (κ2) is 6.95. The van der Waals surface area contributed by atoms with Crippen molar-refractivity contribution in [1.82, 2.24) is 14.6 Å². The van der Waals surface area contributed by atoms with Gasteiger partial charge in [-0.1, -0.05) is 29.3 Å². The standard InChI is InChI=1S/C18H13Cl2F2N5/c19-12-2-1-3-13(22)14(12)15-16(20)25-17-10(8-23)9-24-27(17)18(15)26-6-4-11(21)5-7-26/h1-3,9,11H,4-7H2. The van der Waals surface area contributed by atoms with Crippen LogP contribution in [0.2, 0.25) is 10.2 Å². The average Bonchev–Trinajstić information content (AvgIpc) is 3.05. The van der Waals surface area contributed by atoms with Gasteiger partial charge in [0.05, 0.1) is 16.8 Å². The summed E-state index contributed by atoms with van der Waals surface area (Å²) in [5.74, 6) is -0.106. The molecule has 0 aliphatic carbocycles. The molecule has 0 saturated carbocycles. The third-order valence-electron chi connectivity index (χ3n) is 4.64. The summed E-state index contributed by atoms with van der Waals surface area (Å²) in [6.45, 7) is 0.800. The number of rotatable bonds is 2. The first kappa shape index (κ1) is 18.0. The van der Waals surface area contributed by atoms with E-state index in [9.17, 15) is 14.0 Å². The van der Waals surface area contributed by atoms with Gasteiger partial charge in [0, 0.05) is 18.7 Å². The average molecular weight is 408 g/mol. The highest BCUT2D eigenvalue weighted by molar-refractivity contribution is 6.36. The third kappa shape index (κ3) is 2.99. The van der Waals surface area contributed by atoms with E-state index >= 15 is 0 Å². The second-order valence-electron chi connectivity index (χ2n) is 6.27. The van der Waals surface area contributed by atoms with E-state index in [1.54, 1.807) is 6.07 Å². The molecule has 3 aromatic rings. The van der Waals surface area contributed by atoms with E-state index in [2.05, 4.69) is 10.1 Å². The van der Waals surface area contributed by atoms with Gasteiger partial charge in [-0.3, -0.25) is 0 Å². The van der Waals surface area contributed by atoms with E-state index in [0.717, 1.165) is 0 Å². The fourth-order valence-corrected chi connectivity index (χ4v) is 3.85. The monoisotopic (exact) mass is 407 g/mol. The molecule has 138 valence electrons. The molecule has 1 aromatic carbocycles. The number of piperidine rings is 1. The number of alkyl halides is 1. The topological polar surface area (TPSA) is 57.2 Å². The Morgan fingerprint density at radius 1 is 1.19 bits per heavy atom. The van der Waals surface area contributed by atoms with Crippen molar-refractivity contribution in [3.63, 3.8) is 0 Å². The molecule has 0 bridgehead atoms. The van der Waals surface area contributed by atoms with Crippen LogP contribution in [0.25, 0.3) is 16.8 Å². The van der Waals surface area contributed by atoms with Crippen LogP contribution >= 0.6 is 23.2 Å². The van der Waals surface area contributed by atoms with Crippen molar-refractivity contribution in [2.45, 2.75) is 19.0 Å². The molecular weight excluding hydrogens is 395 g/mol. The zero-order valence-corrected chi connectivity index (χ0v) is 15.5. The SMILES string of the molecule is N#Cc1cnn2c(N3CCC(F)CC3)c(-c3c(F)cccc3Cl)c(Cl)nc12. The minimum absolute atomic E-state index is 0.00359. The Morgan fingerprint density at radius 2 is 1.93 bits per heavy atom. The molecule has 5 nitrogen and oxygen atoms in total. The summed E-state index contributed by atoms with van der Waals surface area (Å²) < 4.78 is 29.8. The highest BCUT2D eigenvalue weighted by Gasteiger charge is 2.29. The number of nitrogens with zero attached hydrogens (tertiary/aromatic N) is 5. The van der Waals surface area contributed by atoms with Crippen molar-refractivity contribution in [2.75, 3.05) is 18.0 Å². The smallest absolute Gasteiger partial charge is 0.176 e. The lowest BCUT2D eigenvalue weighted by atomic mass is 10.0. The molecule has 1 fully saturated rings. The lowest BCUT2D eigenvalue weighted by Crippen LogP contribution is -2.36. The number of halogens is 4. The number of nitriles is 1. The Kier molecular flexibility index (Phi) is 4.62. The summed E-state index contributed by atoms with van der Waals surface area (Å²) >= 11 is 12.7. The van der Waals surface area contributed by atoms with Gasteiger partial charge >= 0.3 is 0 Å². The zero-order valence-electron chi connectivity index (χ0n) is 14.0. The lowest BCUT2D eigenvalue weighted by Gasteiger charge is -2.32. The predicted octanol–water partition coefficient (Wildman–Crippen LogP) is 4.65. The first-order valence-corrected chi connectivity index (χ1v) is 9.07. The molecule has 1 aliphatic heterocycles. The Morgan fingerprint density at radius 3 is 2.59 bits per heavy atom. The zero-order chi connectivity index (χ0) is 19.1. The van der Waals surface area contributed by atoms with Crippen molar-refractivity contribution in [3.05, 3.63) is 46.0 Å². The first-order valence-electron chi connectivity index (χ1n) is 8.32. The van der Waals surface area contributed by atoms with Crippen LogP contribution in [-0.2, 0) is 0 Å². The highest BCUT2D eigenvalue weighted by Crippen LogP contribution is 2.42. The van der Waals surface area contributed by atoms with Crippen LogP contribution in [0.5, 0.6) is 0 Å². The molecule has 0 atom stereocenters. The van der Waals surface area contributed by atoms with Gasteiger partial charge in [-0.05, 0) is 25.0 Å². The molecule has 2 aromatic heterocycles. The quantitative estimate of drug-likeness (QED) is 0.580. The summed E-state index contributed by atoms with van der Waals surface area (Å²) in [5, 5.41) is 13.7. The maximum Gasteiger partial charge on any atom is 0.176 e. The minimum atomic E-state index is -0.887. The van der Waals surface area contributed by atoms with Gasteiger partial charge in [-0.15, -0.1) is 0 Å². The molecule has 0 unspecified atom stereocenters. The van der Waals surface area contributed by atoms with E-state index in [-0.39, 0.29) is 32.5 Å². The Hall–Kier alpha value is -2.43. The maximum atomic E-state index is 14.7. The Bertz CT molecular complexity index is 1050. The third-order valence-corrected chi connectivity index (χ3v) is 5.22. The Labute approximate surface area is 163 Å². The van der Waals surface area contributed by atoms with Gasteiger partial charge in [-0.25, -0.2) is 13.8 Å². The van der Waals surface area contributed by atoms with E-state index in [0.29, 0.717) is 31.7 Å². The van der Waals surface area contributed by atoms with Crippen LogP contribution in [0.1, 0.15) is 18.4 Å². The van der Waals surface area contributed by atoms with Crippen molar-refractivity contribution in [2.24, 2.45) is 0 Å².